The maximum Gasteiger partial charge on any atom is 0.264 e. The number of hydrogen-bond donors (Lipinski definition) is 2. The van der Waals surface area contributed by atoms with Crippen LogP contribution in [0.15, 0.2) is 39.7 Å². The number of nitrogens with one attached hydrogen (secondary N) is 1. The number of nitrogen functional groups attached to an aromatic ring is 1. The zero-order valence-corrected chi connectivity index (χ0v) is 13.2. The van der Waals surface area contributed by atoms with Crippen molar-refractivity contribution in [2.75, 3.05) is 10.5 Å². The molecule has 0 aliphatic heterocycles. The summed E-state index contributed by atoms with van der Waals surface area (Å²) in [6.07, 6.45) is 0. The average Bonchev–Trinajstić information content (AvgIpc) is 2.39. The minimum absolute atomic E-state index is 0.239. The van der Waals surface area contributed by atoms with Crippen LogP contribution in [0.2, 0.25) is 0 Å². The summed E-state index contributed by atoms with van der Waals surface area (Å²) in [4.78, 5) is -0.714. The second-order valence-corrected chi connectivity index (χ2v) is 6.87. The quantitative estimate of drug-likeness (QED) is 0.806. The van der Waals surface area contributed by atoms with E-state index < -0.39 is 32.2 Å². The summed E-state index contributed by atoms with van der Waals surface area (Å²) in [5.74, 6) is -2.33. The van der Waals surface area contributed by atoms with Gasteiger partial charge in [-0.2, -0.15) is 0 Å². The molecule has 0 saturated carbocycles. The Balaban J connectivity index is 2.46. The van der Waals surface area contributed by atoms with E-state index in [9.17, 15) is 17.2 Å². The Hall–Kier alpha value is -1.67. The van der Waals surface area contributed by atoms with E-state index in [0.717, 1.165) is 17.7 Å². The third-order valence-electron chi connectivity index (χ3n) is 2.75. The van der Waals surface area contributed by atoms with E-state index in [1.165, 1.54) is 6.07 Å². The fourth-order valence-corrected chi connectivity index (χ4v) is 3.55. The fraction of sp³-hybridized carbons (Fsp3) is 0.0769. The van der Waals surface area contributed by atoms with E-state index in [2.05, 4.69) is 20.7 Å². The number of anilines is 2. The molecular weight excluding hydrogens is 366 g/mol. The first kappa shape index (κ1) is 15.7. The van der Waals surface area contributed by atoms with Gasteiger partial charge in [-0.15, -0.1) is 0 Å². The Bertz CT molecular complexity index is 810. The van der Waals surface area contributed by atoms with Gasteiger partial charge >= 0.3 is 0 Å². The van der Waals surface area contributed by atoms with Crippen LogP contribution in [0.25, 0.3) is 0 Å². The predicted octanol–water partition coefficient (Wildman–Crippen LogP) is 3.42. The monoisotopic (exact) mass is 376 g/mol. The molecule has 0 heterocycles. The molecule has 2 rings (SSSR count). The molecule has 0 unspecified atom stereocenters. The lowest BCUT2D eigenvalue weighted by molar-refractivity contribution is 0.557. The second kappa shape index (κ2) is 5.61. The lowest BCUT2D eigenvalue weighted by Crippen LogP contribution is -2.16. The molecule has 0 saturated heterocycles. The molecule has 0 atom stereocenters. The van der Waals surface area contributed by atoms with Crippen molar-refractivity contribution in [1.82, 2.24) is 0 Å². The molecule has 0 aromatic heterocycles. The normalized spacial score (nSPS) is 11.4. The van der Waals surface area contributed by atoms with Gasteiger partial charge in [0.2, 0.25) is 0 Å². The van der Waals surface area contributed by atoms with Crippen molar-refractivity contribution in [3.8, 4) is 0 Å². The van der Waals surface area contributed by atoms with E-state index in [0.29, 0.717) is 4.47 Å². The highest BCUT2D eigenvalue weighted by Gasteiger charge is 2.23. The smallest absolute Gasteiger partial charge is 0.264 e. The van der Waals surface area contributed by atoms with Gasteiger partial charge in [0.1, 0.15) is 16.4 Å². The van der Waals surface area contributed by atoms with Gasteiger partial charge in [-0.3, -0.25) is 4.72 Å². The first-order valence-corrected chi connectivity index (χ1v) is 8.02. The molecule has 21 heavy (non-hydrogen) atoms. The number of rotatable bonds is 3. The zero-order valence-electron chi connectivity index (χ0n) is 10.8. The van der Waals surface area contributed by atoms with Gasteiger partial charge in [0.15, 0.2) is 5.82 Å². The Kier molecular flexibility index (Phi) is 4.20. The van der Waals surface area contributed by atoms with Crippen LogP contribution in [0.3, 0.4) is 0 Å². The van der Waals surface area contributed by atoms with Crippen LogP contribution in [-0.2, 0) is 10.0 Å². The van der Waals surface area contributed by atoms with Gasteiger partial charge in [0.25, 0.3) is 10.0 Å². The third-order valence-corrected chi connectivity index (χ3v) is 4.79. The zero-order chi connectivity index (χ0) is 15.8. The molecule has 4 nitrogen and oxygen atoms in total. The Labute approximate surface area is 129 Å². The maximum absolute atomic E-state index is 13.8. The first-order chi connectivity index (χ1) is 9.72. The van der Waals surface area contributed by atoms with E-state index in [-0.39, 0.29) is 5.69 Å². The minimum Gasteiger partial charge on any atom is -0.394 e. The first-order valence-electron chi connectivity index (χ1n) is 5.75. The molecular formula is C13H11BrF2N2O2S. The van der Waals surface area contributed by atoms with E-state index in [4.69, 9.17) is 5.73 Å². The molecule has 0 amide bonds. The highest BCUT2D eigenvalue weighted by atomic mass is 79.9. The minimum atomic E-state index is -4.22. The van der Waals surface area contributed by atoms with Crippen molar-refractivity contribution < 1.29 is 17.2 Å². The van der Waals surface area contributed by atoms with Crippen molar-refractivity contribution in [1.29, 1.82) is 0 Å². The summed E-state index contributed by atoms with van der Waals surface area (Å²) in [6.45, 7) is 1.84. The van der Waals surface area contributed by atoms with Gasteiger partial charge in [0.05, 0.1) is 5.69 Å². The number of nitrogens with two attached hydrogens (primary N) is 1. The molecule has 2 aromatic carbocycles. The SMILES string of the molecule is Cc1ccc(NS(=O)(=O)c2ccc(F)c(N)c2F)c(Br)c1. The molecule has 0 fully saturated rings. The van der Waals surface area contributed by atoms with Gasteiger partial charge in [-0.1, -0.05) is 6.07 Å². The van der Waals surface area contributed by atoms with Gasteiger partial charge in [-0.05, 0) is 52.7 Å². The second-order valence-electron chi connectivity index (χ2n) is 4.36. The van der Waals surface area contributed by atoms with Crippen LogP contribution < -0.4 is 10.5 Å². The van der Waals surface area contributed by atoms with Crippen molar-refractivity contribution in [3.05, 3.63) is 52.0 Å². The Morgan fingerprint density at radius 3 is 2.48 bits per heavy atom. The lowest BCUT2D eigenvalue weighted by atomic mass is 10.2. The molecule has 0 bridgehead atoms. The highest BCUT2D eigenvalue weighted by molar-refractivity contribution is 9.10. The van der Waals surface area contributed by atoms with E-state index in [1.807, 2.05) is 6.92 Å². The maximum atomic E-state index is 13.8. The number of hydrogen-bond acceptors (Lipinski definition) is 3. The van der Waals surface area contributed by atoms with Crippen LogP contribution >= 0.6 is 15.9 Å². The van der Waals surface area contributed by atoms with Crippen LogP contribution in [-0.4, -0.2) is 8.42 Å². The Morgan fingerprint density at radius 2 is 1.86 bits per heavy atom. The topological polar surface area (TPSA) is 72.2 Å². The van der Waals surface area contributed by atoms with E-state index >= 15 is 0 Å². The summed E-state index contributed by atoms with van der Waals surface area (Å²) in [5, 5.41) is 0. The van der Waals surface area contributed by atoms with Crippen LogP contribution in [0.4, 0.5) is 20.2 Å². The summed E-state index contributed by atoms with van der Waals surface area (Å²) in [5.41, 5.74) is 5.50. The Morgan fingerprint density at radius 1 is 1.19 bits per heavy atom. The summed E-state index contributed by atoms with van der Waals surface area (Å²) in [6, 6.07) is 6.55. The molecule has 112 valence electrons. The molecule has 0 aliphatic carbocycles. The standard InChI is InChI=1S/C13H11BrF2N2O2S/c1-7-2-4-10(8(14)6-7)18-21(19,20)11-5-3-9(15)13(17)12(11)16/h2-6,18H,17H2,1H3. The van der Waals surface area contributed by atoms with Crippen LogP contribution in [0.1, 0.15) is 5.56 Å². The largest absolute Gasteiger partial charge is 0.394 e. The number of benzene rings is 2. The molecule has 3 N–H and O–H groups in total. The molecule has 2 aromatic rings. The average molecular weight is 377 g/mol. The summed E-state index contributed by atoms with van der Waals surface area (Å²) in [7, 11) is -4.22. The highest BCUT2D eigenvalue weighted by Crippen LogP contribution is 2.28. The number of sulfonamides is 1. The van der Waals surface area contributed by atoms with Crippen molar-refractivity contribution >= 4 is 37.3 Å². The molecule has 0 aliphatic rings. The molecule has 0 spiro atoms. The van der Waals surface area contributed by atoms with Crippen LogP contribution in [0, 0.1) is 18.6 Å². The number of aryl methyl sites for hydroxylation is 1. The van der Waals surface area contributed by atoms with Gasteiger partial charge in [0, 0.05) is 4.47 Å². The van der Waals surface area contributed by atoms with Gasteiger partial charge in [-0.25, -0.2) is 17.2 Å². The van der Waals surface area contributed by atoms with Crippen LogP contribution in [0.5, 0.6) is 0 Å². The third kappa shape index (κ3) is 3.16. The number of halogens is 3. The molecule has 8 heteroatoms. The van der Waals surface area contributed by atoms with Crippen molar-refractivity contribution in [2.45, 2.75) is 11.8 Å². The van der Waals surface area contributed by atoms with Crippen molar-refractivity contribution in [3.63, 3.8) is 0 Å². The lowest BCUT2D eigenvalue weighted by Gasteiger charge is -2.12. The van der Waals surface area contributed by atoms with Gasteiger partial charge < -0.3 is 5.73 Å². The van der Waals surface area contributed by atoms with E-state index in [1.54, 1.807) is 12.1 Å². The molecule has 0 radical (unpaired) electrons. The fourth-order valence-electron chi connectivity index (χ4n) is 1.66. The van der Waals surface area contributed by atoms with Crippen molar-refractivity contribution in [2.24, 2.45) is 0 Å². The predicted molar refractivity (Wildman–Crippen MR) is 80.5 cm³/mol. The summed E-state index contributed by atoms with van der Waals surface area (Å²) >= 11 is 3.21. The summed E-state index contributed by atoms with van der Waals surface area (Å²) < 4.78 is 54.0.